The summed E-state index contributed by atoms with van der Waals surface area (Å²) in [6, 6.07) is 51.7. The van der Waals surface area contributed by atoms with Crippen LogP contribution in [0.5, 0.6) is 0 Å². The summed E-state index contributed by atoms with van der Waals surface area (Å²) in [6.45, 7) is 14.0. The van der Waals surface area contributed by atoms with E-state index in [0.717, 1.165) is 22.9 Å². The van der Waals surface area contributed by atoms with Gasteiger partial charge in [0.2, 0.25) is 0 Å². The average Bonchev–Trinajstić information content (AvgIpc) is 3.74. The number of fused-ring (bicyclic) bond motifs is 6. The van der Waals surface area contributed by atoms with E-state index in [4.69, 9.17) is 4.74 Å². The van der Waals surface area contributed by atoms with Crippen molar-refractivity contribution in [3.63, 3.8) is 0 Å². The van der Waals surface area contributed by atoms with Gasteiger partial charge in [-0.1, -0.05) is 115 Å². The molecule has 0 spiro atoms. The Kier molecular flexibility index (Phi) is 11.2. The van der Waals surface area contributed by atoms with Gasteiger partial charge < -0.3 is 18.8 Å². The van der Waals surface area contributed by atoms with Crippen molar-refractivity contribution >= 4 is 43.6 Å². The van der Waals surface area contributed by atoms with Gasteiger partial charge in [0.15, 0.2) is 5.76 Å². The zero-order chi connectivity index (χ0) is 39.2. The molecule has 0 radical (unpaired) electrons. The van der Waals surface area contributed by atoms with Crippen molar-refractivity contribution in [2.45, 2.75) is 34.6 Å². The summed E-state index contributed by atoms with van der Waals surface area (Å²) < 4.78 is 10.5. The Morgan fingerprint density at radius 3 is 1.39 bits per heavy atom. The van der Waals surface area contributed by atoms with Gasteiger partial charge in [-0.2, -0.15) is 0 Å². The minimum atomic E-state index is 0.791. The molecule has 0 saturated carbocycles. The van der Waals surface area contributed by atoms with Crippen LogP contribution in [0, 0.1) is 13.8 Å². The van der Waals surface area contributed by atoms with Gasteiger partial charge in [0.05, 0.1) is 33.5 Å². The van der Waals surface area contributed by atoms with Crippen LogP contribution in [-0.2, 0) is 4.74 Å². The molecule has 9 rings (SSSR count). The van der Waals surface area contributed by atoms with E-state index < -0.39 is 0 Å². The molecule has 4 nitrogen and oxygen atoms in total. The Bertz CT molecular complexity index is 2640. The van der Waals surface area contributed by atoms with E-state index in [-0.39, 0.29) is 0 Å². The zero-order valence-electron chi connectivity index (χ0n) is 33.2. The topological polar surface area (TPSA) is 22.3 Å². The Labute approximate surface area is 330 Å². The number of para-hydroxylation sites is 4. The molecule has 56 heavy (non-hydrogen) atoms. The molecule has 1 aliphatic heterocycles. The molecule has 4 heteroatoms. The maximum Gasteiger partial charge on any atom is 0.150 e. The molecule has 0 N–H and O–H groups in total. The molecule has 0 bridgehead atoms. The van der Waals surface area contributed by atoms with Crippen LogP contribution in [0.2, 0.25) is 0 Å². The molecule has 0 saturated heterocycles. The Morgan fingerprint density at radius 1 is 0.518 bits per heavy atom. The molecule has 0 atom stereocenters. The Balaban J connectivity index is 0.000000130. The lowest BCUT2D eigenvalue weighted by atomic mass is 10.1. The number of benzene rings is 6. The van der Waals surface area contributed by atoms with Crippen LogP contribution < -0.4 is 0 Å². The summed E-state index contributed by atoms with van der Waals surface area (Å²) in [7, 11) is 2.03. The number of likely N-dealkylation sites (N-methyl/N-ethyl adjacent to an activating group) is 1. The quantitative estimate of drug-likeness (QED) is 0.180. The highest BCUT2D eigenvalue weighted by Gasteiger charge is 2.22. The molecule has 0 amide bonds. The lowest BCUT2D eigenvalue weighted by Crippen LogP contribution is -2.24. The van der Waals surface area contributed by atoms with Gasteiger partial charge in [-0.25, -0.2) is 0 Å². The third kappa shape index (κ3) is 7.22. The van der Waals surface area contributed by atoms with Gasteiger partial charge in [0, 0.05) is 40.0 Å². The first-order valence-corrected chi connectivity index (χ1v) is 19.2. The number of aryl methyl sites for hydroxylation is 2. The van der Waals surface area contributed by atoms with Crippen molar-refractivity contribution in [3.05, 3.63) is 217 Å². The van der Waals surface area contributed by atoms with Crippen molar-refractivity contribution in [2.75, 3.05) is 7.05 Å². The maximum atomic E-state index is 5.79. The van der Waals surface area contributed by atoms with E-state index in [9.17, 15) is 0 Å². The molecule has 0 fully saturated rings. The normalized spacial score (nSPS) is 14.4. The van der Waals surface area contributed by atoms with Crippen molar-refractivity contribution in [1.82, 2.24) is 14.0 Å². The summed E-state index contributed by atoms with van der Waals surface area (Å²) in [5.41, 5.74) is 12.2. The van der Waals surface area contributed by atoms with Crippen LogP contribution in [0.1, 0.15) is 31.9 Å². The number of ether oxygens (including phenoxy) is 1. The second-order valence-corrected chi connectivity index (χ2v) is 13.9. The number of hydrogen-bond donors (Lipinski definition) is 0. The van der Waals surface area contributed by atoms with E-state index in [0.29, 0.717) is 0 Å². The van der Waals surface area contributed by atoms with Crippen LogP contribution in [0.4, 0.5) is 0 Å². The van der Waals surface area contributed by atoms with E-state index in [1.165, 1.54) is 66.1 Å². The smallest absolute Gasteiger partial charge is 0.150 e. The van der Waals surface area contributed by atoms with Crippen molar-refractivity contribution in [1.29, 1.82) is 0 Å². The van der Waals surface area contributed by atoms with Crippen molar-refractivity contribution < 1.29 is 4.74 Å². The number of nitrogens with zero attached hydrogens (tertiary/aromatic N) is 3. The van der Waals surface area contributed by atoms with Crippen LogP contribution in [0.3, 0.4) is 0 Å². The highest BCUT2D eigenvalue weighted by Crippen LogP contribution is 2.34. The van der Waals surface area contributed by atoms with Gasteiger partial charge in [-0.3, -0.25) is 0 Å². The monoisotopic (exact) mass is 731 g/mol. The fraction of sp³-hybridized carbons (Fsp3) is 0.115. The van der Waals surface area contributed by atoms with Crippen molar-refractivity contribution in [3.8, 4) is 11.4 Å². The number of hydrogen-bond acceptors (Lipinski definition) is 2. The summed E-state index contributed by atoms with van der Waals surface area (Å²) in [5, 5.41) is 5.28. The van der Waals surface area contributed by atoms with Crippen LogP contribution in [-0.4, -0.2) is 21.1 Å². The maximum absolute atomic E-state index is 5.79. The largest absolute Gasteiger partial charge is 0.453 e. The lowest BCUT2D eigenvalue weighted by molar-refractivity contribution is 0.264. The minimum Gasteiger partial charge on any atom is -0.453 e. The second kappa shape index (κ2) is 16.7. The number of allylic oxidation sites excluding steroid dienone is 5. The third-order valence-electron chi connectivity index (χ3n) is 10.2. The number of aromatic nitrogens is 2. The Hall–Kier alpha value is -6.78. The molecule has 278 valence electrons. The summed E-state index contributed by atoms with van der Waals surface area (Å²) >= 11 is 0. The Morgan fingerprint density at radius 2 is 0.964 bits per heavy atom. The highest BCUT2D eigenvalue weighted by atomic mass is 16.5. The number of rotatable bonds is 4. The molecule has 3 heterocycles. The lowest BCUT2D eigenvalue weighted by Gasteiger charge is -2.32. The average molecular weight is 732 g/mol. The summed E-state index contributed by atoms with van der Waals surface area (Å²) in [6.07, 6.45) is 9.75. The first-order valence-electron chi connectivity index (χ1n) is 19.2. The molecular weight excluding hydrogens is 683 g/mol. The van der Waals surface area contributed by atoms with Gasteiger partial charge in [-0.05, 0) is 114 Å². The van der Waals surface area contributed by atoms with Gasteiger partial charge in [-0.15, -0.1) is 0 Å². The van der Waals surface area contributed by atoms with Crippen LogP contribution in [0.25, 0.3) is 55.0 Å². The van der Waals surface area contributed by atoms with E-state index in [1.54, 1.807) is 6.08 Å². The highest BCUT2D eigenvalue weighted by molar-refractivity contribution is 6.10. The van der Waals surface area contributed by atoms with E-state index in [1.807, 2.05) is 52.1 Å². The molecule has 0 aliphatic carbocycles. The zero-order valence-corrected chi connectivity index (χ0v) is 33.2. The molecular formula is C52H49N3O. The molecule has 2 aromatic heterocycles. The van der Waals surface area contributed by atoms with Crippen LogP contribution in [0.15, 0.2) is 205 Å². The predicted octanol–water partition coefficient (Wildman–Crippen LogP) is 13.9. The van der Waals surface area contributed by atoms with Gasteiger partial charge in [0.1, 0.15) is 5.76 Å². The fourth-order valence-corrected chi connectivity index (χ4v) is 7.61. The SMILES string of the molecule is C=CC1=C(/C=C\C)N(C)C(=C/C)/C(=C\C)O1.Cc1ccc2c(c1)c1ccccc1n2-c1ccccc1.Cc1ccc2c(c1)c1ccccc1n2-c1ccccc1. The first-order chi connectivity index (χ1) is 27.4. The minimum absolute atomic E-state index is 0.791. The third-order valence-corrected chi connectivity index (χ3v) is 10.2. The summed E-state index contributed by atoms with van der Waals surface area (Å²) in [4.78, 5) is 2.11. The van der Waals surface area contributed by atoms with E-state index in [2.05, 4.69) is 180 Å². The van der Waals surface area contributed by atoms with E-state index >= 15 is 0 Å². The molecule has 8 aromatic rings. The predicted molar refractivity (Wildman–Crippen MR) is 239 cm³/mol. The van der Waals surface area contributed by atoms with Gasteiger partial charge in [0.25, 0.3) is 0 Å². The summed E-state index contributed by atoms with van der Waals surface area (Å²) in [5.74, 6) is 1.66. The first kappa shape index (κ1) is 37.5. The fourth-order valence-electron chi connectivity index (χ4n) is 7.61. The molecule has 1 aliphatic rings. The van der Waals surface area contributed by atoms with Crippen LogP contribution >= 0.6 is 0 Å². The van der Waals surface area contributed by atoms with Gasteiger partial charge >= 0.3 is 0 Å². The second-order valence-electron chi connectivity index (χ2n) is 13.9. The molecule has 0 unspecified atom stereocenters. The standard InChI is InChI=1S/2C19H15N.C14H19NO/c2*1-14-11-12-19-17(13-14)16-9-5-6-10-18(16)20(19)15-7-3-2-4-8-15;1-6-10-12-14(9-4)16-13(8-3)11(7-2)15(12)5/h2*2-13H,1H3;6-10H,4H2,1-3,5H3/b;;10-6-,11-7+,13-8+. The molecule has 6 aromatic carbocycles. The van der Waals surface area contributed by atoms with Crippen molar-refractivity contribution in [2.24, 2.45) is 0 Å².